The summed E-state index contributed by atoms with van der Waals surface area (Å²) < 4.78 is 0. The smallest absolute Gasteiger partial charge is 0.101 e. The topological polar surface area (TPSA) is 30.3 Å². The van der Waals surface area contributed by atoms with E-state index in [9.17, 15) is 5.26 Å². The Labute approximate surface area is 110 Å². The first-order valence-electron chi connectivity index (χ1n) is 6.51. The Morgan fingerprint density at radius 1 is 1.50 bits per heavy atom. The molecule has 1 aromatic rings. The Morgan fingerprint density at radius 3 is 2.89 bits per heavy atom. The minimum Gasteiger partial charge on any atom is -0.373 e. The second-order valence-corrected chi connectivity index (χ2v) is 5.38. The summed E-state index contributed by atoms with van der Waals surface area (Å²) in [5, 5.41) is 9.21. The summed E-state index contributed by atoms with van der Waals surface area (Å²) in [4.78, 5) is 4.62. The number of nitriles is 1. The summed E-state index contributed by atoms with van der Waals surface area (Å²) in [6.45, 7) is 5.47. The fraction of sp³-hybridized carbons (Fsp3) is 0.533. The fourth-order valence-corrected chi connectivity index (χ4v) is 2.91. The second kappa shape index (κ2) is 5.41. The third kappa shape index (κ3) is 2.65. The lowest BCUT2D eigenvalue weighted by Crippen LogP contribution is -2.28. The molecule has 1 fully saturated rings. The van der Waals surface area contributed by atoms with Gasteiger partial charge in [0, 0.05) is 20.1 Å². The van der Waals surface area contributed by atoms with Crippen LogP contribution in [0.2, 0.25) is 0 Å². The van der Waals surface area contributed by atoms with Crippen LogP contribution in [-0.2, 0) is 0 Å². The summed E-state index contributed by atoms with van der Waals surface area (Å²) in [6, 6.07) is 8.23. The highest BCUT2D eigenvalue weighted by Crippen LogP contribution is 2.26. The number of aryl methyl sites for hydroxylation is 1. The zero-order chi connectivity index (χ0) is 13.1. The van der Waals surface area contributed by atoms with Gasteiger partial charge in [0.1, 0.15) is 6.07 Å². The van der Waals surface area contributed by atoms with Crippen molar-refractivity contribution in [2.45, 2.75) is 13.3 Å². The highest BCUT2D eigenvalue weighted by atomic mass is 15.2. The van der Waals surface area contributed by atoms with Gasteiger partial charge in [-0.05, 0) is 44.5 Å². The van der Waals surface area contributed by atoms with Crippen LogP contribution in [-0.4, -0.2) is 38.6 Å². The molecule has 96 valence electrons. The number of para-hydroxylation sites is 1. The molecule has 1 aliphatic heterocycles. The van der Waals surface area contributed by atoms with Gasteiger partial charge in [-0.25, -0.2) is 0 Å². The molecule has 1 atom stereocenters. The molecule has 2 rings (SSSR count). The third-order valence-electron chi connectivity index (χ3n) is 3.76. The van der Waals surface area contributed by atoms with E-state index in [2.05, 4.69) is 43.0 Å². The summed E-state index contributed by atoms with van der Waals surface area (Å²) >= 11 is 0. The lowest BCUT2D eigenvalue weighted by molar-refractivity contribution is 0.396. The van der Waals surface area contributed by atoms with Crippen LogP contribution in [0.1, 0.15) is 17.5 Å². The van der Waals surface area contributed by atoms with Gasteiger partial charge in [-0.2, -0.15) is 5.26 Å². The van der Waals surface area contributed by atoms with Gasteiger partial charge in [0.15, 0.2) is 0 Å². The zero-order valence-electron chi connectivity index (χ0n) is 11.5. The maximum absolute atomic E-state index is 9.21. The van der Waals surface area contributed by atoms with Gasteiger partial charge in [0.05, 0.1) is 11.3 Å². The maximum atomic E-state index is 9.21. The monoisotopic (exact) mass is 243 g/mol. The number of hydrogen-bond donors (Lipinski definition) is 0. The van der Waals surface area contributed by atoms with Crippen LogP contribution in [0.5, 0.6) is 0 Å². The first kappa shape index (κ1) is 12.9. The number of anilines is 1. The second-order valence-electron chi connectivity index (χ2n) is 5.38. The van der Waals surface area contributed by atoms with E-state index in [1.165, 1.54) is 18.5 Å². The van der Waals surface area contributed by atoms with E-state index in [0.29, 0.717) is 5.92 Å². The van der Waals surface area contributed by atoms with Crippen molar-refractivity contribution < 1.29 is 0 Å². The normalized spacial score (nSPS) is 19.8. The number of benzene rings is 1. The molecule has 18 heavy (non-hydrogen) atoms. The molecule has 0 amide bonds. The van der Waals surface area contributed by atoms with Crippen LogP contribution in [0.25, 0.3) is 0 Å². The molecule has 3 nitrogen and oxygen atoms in total. The van der Waals surface area contributed by atoms with Gasteiger partial charge in [-0.15, -0.1) is 0 Å². The van der Waals surface area contributed by atoms with E-state index in [4.69, 9.17) is 0 Å². The first-order valence-corrected chi connectivity index (χ1v) is 6.51. The lowest BCUT2D eigenvalue weighted by atomic mass is 10.0. The van der Waals surface area contributed by atoms with Gasteiger partial charge in [0.25, 0.3) is 0 Å². The molecule has 0 spiro atoms. The van der Waals surface area contributed by atoms with Crippen molar-refractivity contribution >= 4 is 5.69 Å². The van der Waals surface area contributed by atoms with Crippen molar-refractivity contribution in [2.24, 2.45) is 5.92 Å². The number of nitrogens with zero attached hydrogens (tertiary/aromatic N) is 3. The Morgan fingerprint density at radius 2 is 2.28 bits per heavy atom. The van der Waals surface area contributed by atoms with Gasteiger partial charge in [-0.3, -0.25) is 0 Å². The van der Waals surface area contributed by atoms with E-state index in [-0.39, 0.29) is 0 Å². The Bertz CT molecular complexity index is 461. The summed E-state index contributed by atoms with van der Waals surface area (Å²) in [5.74, 6) is 0.714. The molecule has 0 aromatic heterocycles. The molecule has 0 bridgehead atoms. The predicted molar refractivity (Wildman–Crippen MR) is 74.8 cm³/mol. The van der Waals surface area contributed by atoms with Crippen LogP contribution < -0.4 is 4.90 Å². The van der Waals surface area contributed by atoms with Crippen LogP contribution in [0.4, 0.5) is 5.69 Å². The standard InChI is InChI=1S/C15H21N3/c1-12-5-4-6-14(9-16)15(12)18(3)11-13-7-8-17(2)10-13/h4-6,13H,7-8,10-11H2,1-3H3. The molecular formula is C15H21N3. The van der Waals surface area contributed by atoms with Crippen molar-refractivity contribution in [3.63, 3.8) is 0 Å². The Balaban J connectivity index is 2.14. The van der Waals surface area contributed by atoms with Crippen molar-refractivity contribution in [2.75, 3.05) is 38.6 Å². The SMILES string of the molecule is Cc1cccc(C#N)c1N(C)CC1CCN(C)C1. The molecule has 3 heteroatoms. The molecule has 1 aromatic carbocycles. The maximum Gasteiger partial charge on any atom is 0.101 e. The molecule has 0 N–H and O–H groups in total. The fourth-order valence-electron chi connectivity index (χ4n) is 2.91. The molecule has 1 unspecified atom stereocenters. The van der Waals surface area contributed by atoms with E-state index in [1.54, 1.807) is 0 Å². The summed E-state index contributed by atoms with van der Waals surface area (Å²) in [7, 11) is 4.27. The van der Waals surface area contributed by atoms with Gasteiger partial charge >= 0.3 is 0 Å². The van der Waals surface area contributed by atoms with Crippen LogP contribution in [0.15, 0.2) is 18.2 Å². The molecular weight excluding hydrogens is 222 g/mol. The Kier molecular flexibility index (Phi) is 3.88. The molecule has 1 heterocycles. The lowest BCUT2D eigenvalue weighted by Gasteiger charge is -2.25. The third-order valence-corrected chi connectivity index (χ3v) is 3.76. The molecule has 1 saturated heterocycles. The first-order chi connectivity index (χ1) is 8.61. The van der Waals surface area contributed by atoms with Gasteiger partial charge in [0.2, 0.25) is 0 Å². The largest absolute Gasteiger partial charge is 0.373 e. The van der Waals surface area contributed by atoms with Crippen molar-refractivity contribution in [3.05, 3.63) is 29.3 Å². The Hall–Kier alpha value is -1.53. The van der Waals surface area contributed by atoms with Gasteiger partial charge < -0.3 is 9.80 Å². The molecule has 0 aliphatic carbocycles. The highest BCUT2D eigenvalue weighted by Gasteiger charge is 2.22. The number of hydrogen-bond acceptors (Lipinski definition) is 3. The van der Waals surface area contributed by atoms with Crippen LogP contribution in [0, 0.1) is 24.2 Å². The minimum absolute atomic E-state index is 0.714. The average Bonchev–Trinajstić information content (AvgIpc) is 2.74. The number of rotatable bonds is 3. The average molecular weight is 243 g/mol. The van der Waals surface area contributed by atoms with E-state index in [0.717, 1.165) is 24.3 Å². The van der Waals surface area contributed by atoms with Gasteiger partial charge in [-0.1, -0.05) is 12.1 Å². The minimum atomic E-state index is 0.714. The van der Waals surface area contributed by atoms with E-state index >= 15 is 0 Å². The molecule has 0 saturated carbocycles. The van der Waals surface area contributed by atoms with Crippen molar-refractivity contribution in [1.82, 2.24) is 4.90 Å². The predicted octanol–water partition coefficient (Wildman–Crippen LogP) is 2.25. The van der Waals surface area contributed by atoms with Crippen molar-refractivity contribution in [3.8, 4) is 6.07 Å². The summed E-state index contributed by atoms with van der Waals surface area (Å²) in [5.41, 5.74) is 3.06. The van der Waals surface area contributed by atoms with Crippen LogP contribution >= 0.6 is 0 Å². The molecule has 1 aliphatic rings. The number of likely N-dealkylation sites (tertiary alicyclic amines) is 1. The zero-order valence-corrected chi connectivity index (χ0v) is 11.5. The van der Waals surface area contributed by atoms with Crippen molar-refractivity contribution in [1.29, 1.82) is 5.26 Å². The van der Waals surface area contributed by atoms with E-state index in [1.807, 2.05) is 12.1 Å². The quantitative estimate of drug-likeness (QED) is 0.815. The highest BCUT2D eigenvalue weighted by molar-refractivity contribution is 5.63. The summed E-state index contributed by atoms with van der Waals surface area (Å²) in [6.07, 6.45) is 1.26. The van der Waals surface area contributed by atoms with E-state index < -0.39 is 0 Å². The van der Waals surface area contributed by atoms with Crippen LogP contribution in [0.3, 0.4) is 0 Å². The molecule has 0 radical (unpaired) electrons.